The molecule has 1 N–H and O–H groups in total. The van der Waals surface area contributed by atoms with Crippen molar-refractivity contribution < 1.29 is 19.4 Å². The van der Waals surface area contributed by atoms with Gasteiger partial charge in [-0.1, -0.05) is 26.0 Å². The van der Waals surface area contributed by atoms with Gasteiger partial charge in [0.25, 0.3) is 5.91 Å². The Labute approximate surface area is 217 Å². The molecule has 11 nitrogen and oxygen atoms in total. The Hall–Kier alpha value is -3.47. The minimum Gasteiger partial charge on any atom is -0.465 e. The fourth-order valence-electron chi connectivity index (χ4n) is 5.18. The summed E-state index contributed by atoms with van der Waals surface area (Å²) < 4.78 is 8.93. The Morgan fingerprint density at radius 3 is 2.73 bits per heavy atom. The smallest absolute Gasteiger partial charge is 0.407 e. The highest BCUT2D eigenvalue weighted by atomic mass is 16.5. The van der Waals surface area contributed by atoms with Crippen LogP contribution in [0.25, 0.3) is 11.0 Å². The van der Waals surface area contributed by atoms with Crippen LogP contribution in [-0.2, 0) is 17.8 Å². The maximum atomic E-state index is 14.2. The van der Waals surface area contributed by atoms with Gasteiger partial charge < -0.3 is 24.2 Å². The first kappa shape index (κ1) is 26.6. The number of carbonyl (C=O) groups excluding carboxylic acids is 1. The first-order chi connectivity index (χ1) is 17.9. The average Bonchev–Trinajstić information content (AvgIpc) is 3.52. The molecule has 1 fully saturated rings. The molecule has 1 aliphatic heterocycles. The van der Waals surface area contributed by atoms with E-state index < -0.39 is 6.09 Å². The van der Waals surface area contributed by atoms with Crippen LogP contribution in [0.4, 0.5) is 4.79 Å². The van der Waals surface area contributed by atoms with Gasteiger partial charge >= 0.3 is 6.09 Å². The molecule has 0 saturated carbocycles. The molecule has 0 bridgehead atoms. The van der Waals surface area contributed by atoms with Crippen molar-refractivity contribution >= 4 is 23.0 Å². The van der Waals surface area contributed by atoms with E-state index in [4.69, 9.17) is 9.72 Å². The van der Waals surface area contributed by atoms with Crippen LogP contribution in [-0.4, -0.2) is 90.6 Å². The number of hydrogen-bond donors (Lipinski definition) is 1. The Morgan fingerprint density at radius 1 is 1.22 bits per heavy atom. The summed E-state index contributed by atoms with van der Waals surface area (Å²) in [6.07, 6.45) is 4.55. The lowest BCUT2D eigenvalue weighted by Gasteiger charge is -2.42. The van der Waals surface area contributed by atoms with Gasteiger partial charge in [-0.3, -0.25) is 9.48 Å². The molecule has 11 heteroatoms. The van der Waals surface area contributed by atoms with Crippen molar-refractivity contribution in [1.82, 2.24) is 34.1 Å². The molecule has 200 valence electrons. The molecule has 1 saturated heterocycles. The molecule has 3 heterocycles. The number of piperidine rings is 1. The Bertz CT molecular complexity index is 1180. The highest BCUT2D eigenvalue weighted by Crippen LogP contribution is 2.26. The number of carboxylic acid groups (broad SMARTS) is 1. The quantitative estimate of drug-likeness (QED) is 0.393. The van der Waals surface area contributed by atoms with E-state index in [-0.39, 0.29) is 30.3 Å². The molecule has 1 aliphatic rings. The molecule has 2 amide bonds. The van der Waals surface area contributed by atoms with Crippen molar-refractivity contribution in [1.29, 1.82) is 0 Å². The number of fused-ring (bicyclic) bond motifs is 1. The summed E-state index contributed by atoms with van der Waals surface area (Å²) >= 11 is 0. The van der Waals surface area contributed by atoms with Crippen molar-refractivity contribution in [2.24, 2.45) is 11.8 Å². The molecule has 0 unspecified atom stereocenters. The third-order valence-electron chi connectivity index (χ3n) is 6.79. The number of methoxy groups -OCH3 is 1. The number of benzene rings is 1. The van der Waals surface area contributed by atoms with Gasteiger partial charge in [-0.25, -0.2) is 14.8 Å². The van der Waals surface area contributed by atoms with E-state index in [0.717, 1.165) is 23.9 Å². The second-order valence-electron chi connectivity index (χ2n) is 10.2. The van der Waals surface area contributed by atoms with Gasteiger partial charge in [0, 0.05) is 46.4 Å². The highest BCUT2D eigenvalue weighted by Gasteiger charge is 2.37. The molecule has 2 aromatic heterocycles. The van der Waals surface area contributed by atoms with E-state index in [2.05, 4.69) is 23.9 Å². The third kappa shape index (κ3) is 6.46. The summed E-state index contributed by atoms with van der Waals surface area (Å²) in [5.74, 6) is 0.456. The van der Waals surface area contributed by atoms with Crippen LogP contribution in [0.15, 0.2) is 36.9 Å². The topological polar surface area (TPSA) is 119 Å². The first-order valence-electron chi connectivity index (χ1n) is 12.9. The largest absolute Gasteiger partial charge is 0.465 e. The molecule has 0 radical (unpaired) electrons. The molecular formula is C26H37N7O4. The summed E-state index contributed by atoms with van der Waals surface area (Å²) in [5, 5.41) is 14.1. The van der Waals surface area contributed by atoms with Crippen LogP contribution < -0.4 is 0 Å². The van der Waals surface area contributed by atoms with Gasteiger partial charge in [-0.05, 0) is 43.2 Å². The molecule has 1 aromatic carbocycles. The molecule has 2 atom stereocenters. The second-order valence-corrected chi connectivity index (χ2v) is 10.2. The van der Waals surface area contributed by atoms with Gasteiger partial charge in [0.15, 0.2) is 5.82 Å². The maximum absolute atomic E-state index is 14.2. The number of ether oxygens (including phenoxy) is 1. The summed E-state index contributed by atoms with van der Waals surface area (Å²) in [6, 6.07) is 7.52. The van der Waals surface area contributed by atoms with Gasteiger partial charge in [0.1, 0.15) is 12.7 Å². The van der Waals surface area contributed by atoms with Gasteiger partial charge in [0.2, 0.25) is 0 Å². The molecular weight excluding hydrogens is 474 g/mol. The van der Waals surface area contributed by atoms with Crippen LogP contribution >= 0.6 is 0 Å². The van der Waals surface area contributed by atoms with Crippen molar-refractivity contribution in [2.45, 2.75) is 52.2 Å². The van der Waals surface area contributed by atoms with Crippen LogP contribution in [0, 0.1) is 11.8 Å². The van der Waals surface area contributed by atoms with Crippen LogP contribution in [0.5, 0.6) is 0 Å². The van der Waals surface area contributed by atoms with Gasteiger partial charge in [-0.2, -0.15) is 5.10 Å². The zero-order chi connectivity index (χ0) is 26.4. The highest BCUT2D eigenvalue weighted by molar-refractivity contribution is 5.95. The number of aromatic nitrogens is 5. The first-order valence-corrected chi connectivity index (χ1v) is 12.9. The maximum Gasteiger partial charge on any atom is 0.407 e. The van der Waals surface area contributed by atoms with Crippen molar-refractivity contribution in [3.63, 3.8) is 0 Å². The van der Waals surface area contributed by atoms with Crippen LogP contribution in [0.3, 0.4) is 0 Å². The van der Waals surface area contributed by atoms with Gasteiger partial charge in [0.05, 0.1) is 17.1 Å². The SMILES string of the molecule is COCCCCn1c(C(=O)N(CC(C)C)[C@H]2C[C@@H](Cn3cncn3)CN(C(=O)O)C2)nc2ccccc21. The lowest BCUT2D eigenvalue weighted by atomic mass is 9.92. The zero-order valence-electron chi connectivity index (χ0n) is 21.9. The number of amides is 2. The number of likely N-dealkylation sites (tertiary alicyclic amines) is 1. The van der Waals surface area contributed by atoms with E-state index in [1.165, 1.54) is 11.2 Å². The molecule has 3 aromatic rings. The fraction of sp³-hybridized carbons (Fsp3) is 0.577. The molecule has 4 rings (SSSR count). The molecule has 0 spiro atoms. The summed E-state index contributed by atoms with van der Waals surface area (Å²) in [4.78, 5) is 38.3. The predicted octanol–water partition coefficient (Wildman–Crippen LogP) is 3.22. The minimum atomic E-state index is -0.976. The molecule has 0 aliphatic carbocycles. The summed E-state index contributed by atoms with van der Waals surface area (Å²) in [7, 11) is 1.69. The number of imidazole rings is 1. The minimum absolute atomic E-state index is 0.00636. The van der Waals surface area contributed by atoms with Crippen molar-refractivity contribution in [3.8, 4) is 0 Å². The van der Waals surface area contributed by atoms with Crippen molar-refractivity contribution in [2.75, 3.05) is 33.4 Å². The van der Waals surface area contributed by atoms with Gasteiger partial charge in [-0.15, -0.1) is 0 Å². The van der Waals surface area contributed by atoms with Crippen molar-refractivity contribution in [3.05, 3.63) is 42.7 Å². The number of para-hydroxylation sites is 2. The summed E-state index contributed by atoms with van der Waals surface area (Å²) in [6.45, 7) is 7.18. The third-order valence-corrected chi connectivity index (χ3v) is 6.79. The Kier molecular flexibility index (Phi) is 8.75. The Morgan fingerprint density at radius 2 is 2.03 bits per heavy atom. The van der Waals surface area contributed by atoms with Crippen LogP contribution in [0.1, 0.15) is 43.7 Å². The number of hydrogen-bond acceptors (Lipinski definition) is 6. The standard InChI is InChI=1S/C26H37N7O4/c1-19(2)13-33(21-12-20(14-30(16-21)26(35)36)15-31-18-27-17-28-31)25(34)24-29-22-8-4-5-9-23(22)32(24)10-6-7-11-37-3/h4-5,8-9,17-21H,6-7,10-16H2,1-3H3,(H,35,36)/t20-,21+/m1/s1. The van der Waals surface area contributed by atoms with E-state index in [0.29, 0.717) is 45.0 Å². The molecule has 37 heavy (non-hydrogen) atoms. The Balaban J connectivity index is 1.65. The zero-order valence-corrected chi connectivity index (χ0v) is 21.9. The number of nitrogens with zero attached hydrogens (tertiary/aromatic N) is 7. The average molecular weight is 512 g/mol. The number of carbonyl (C=O) groups is 2. The number of rotatable bonds is 11. The van der Waals surface area contributed by atoms with Crippen LogP contribution in [0.2, 0.25) is 0 Å². The number of aryl methyl sites for hydroxylation is 1. The monoisotopic (exact) mass is 511 g/mol. The summed E-state index contributed by atoms with van der Waals surface area (Å²) in [5.41, 5.74) is 1.70. The second kappa shape index (κ2) is 12.2. The fourth-order valence-corrected chi connectivity index (χ4v) is 5.18. The lowest BCUT2D eigenvalue weighted by Crippen LogP contribution is -2.55. The lowest BCUT2D eigenvalue weighted by molar-refractivity contribution is 0.0371. The van der Waals surface area contributed by atoms with E-state index in [9.17, 15) is 14.7 Å². The predicted molar refractivity (Wildman–Crippen MR) is 138 cm³/mol. The van der Waals surface area contributed by atoms with E-state index in [1.54, 1.807) is 18.1 Å². The van der Waals surface area contributed by atoms with E-state index in [1.807, 2.05) is 33.7 Å². The number of unbranched alkanes of at least 4 members (excludes halogenated alkanes) is 1. The normalized spacial score (nSPS) is 18.0. The van der Waals surface area contributed by atoms with E-state index >= 15 is 0 Å².